The van der Waals surface area contributed by atoms with E-state index >= 15 is 0 Å². The lowest BCUT2D eigenvalue weighted by Crippen LogP contribution is -2.13. The molecule has 2 rings (SSSR count). The van der Waals surface area contributed by atoms with E-state index in [9.17, 15) is 8.42 Å². The van der Waals surface area contributed by atoms with Crippen molar-refractivity contribution in [2.24, 2.45) is 0 Å². The van der Waals surface area contributed by atoms with Crippen molar-refractivity contribution < 1.29 is 17.9 Å². The second kappa shape index (κ2) is 7.37. The van der Waals surface area contributed by atoms with Gasteiger partial charge in [0.25, 0.3) is 10.0 Å². The van der Waals surface area contributed by atoms with E-state index in [4.69, 9.17) is 9.47 Å². The van der Waals surface area contributed by atoms with Crippen molar-refractivity contribution in [3.05, 3.63) is 48.0 Å². The number of anilines is 1. The van der Waals surface area contributed by atoms with Crippen LogP contribution < -0.4 is 14.2 Å². The number of aryl methyl sites for hydroxylation is 1. The average molecular weight is 335 g/mol. The monoisotopic (exact) mass is 335 g/mol. The quantitative estimate of drug-likeness (QED) is 0.840. The van der Waals surface area contributed by atoms with E-state index in [0.717, 1.165) is 5.56 Å². The summed E-state index contributed by atoms with van der Waals surface area (Å²) in [6, 6.07) is 11.7. The maximum Gasteiger partial charge on any atom is 0.262 e. The van der Waals surface area contributed by atoms with Gasteiger partial charge < -0.3 is 9.47 Å². The summed E-state index contributed by atoms with van der Waals surface area (Å²) in [6.07, 6.45) is 0. The minimum absolute atomic E-state index is 0.130. The molecular formula is C17H21NO4S. The van der Waals surface area contributed by atoms with Crippen LogP contribution in [0, 0.1) is 6.92 Å². The second-order valence-electron chi connectivity index (χ2n) is 4.95. The molecule has 0 aliphatic carbocycles. The summed E-state index contributed by atoms with van der Waals surface area (Å²) in [7, 11) is -3.68. The van der Waals surface area contributed by atoms with Crippen molar-refractivity contribution in [1.29, 1.82) is 0 Å². The SMILES string of the molecule is CCOc1ccc(S(=O)(=O)Nc2ccc(C)cc2)cc1OCC. The third-order valence-electron chi connectivity index (χ3n) is 3.13. The molecule has 5 nitrogen and oxygen atoms in total. The van der Waals surface area contributed by atoms with Gasteiger partial charge in [-0.2, -0.15) is 0 Å². The van der Waals surface area contributed by atoms with Crippen LogP contribution in [-0.4, -0.2) is 21.6 Å². The van der Waals surface area contributed by atoms with Gasteiger partial charge in [0.05, 0.1) is 18.1 Å². The number of hydrogen-bond donors (Lipinski definition) is 1. The molecule has 124 valence electrons. The molecular weight excluding hydrogens is 314 g/mol. The fourth-order valence-electron chi connectivity index (χ4n) is 2.03. The maximum atomic E-state index is 12.5. The largest absolute Gasteiger partial charge is 0.490 e. The molecule has 0 unspecified atom stereocenters. The van der Waals surface area contributed by atoms with Crippen LogP contribution in [0.4, 0.5) is 5.69 Å². The van der Waals surface area contributed by atoms with Crippen LogP contribution >= 0.6 is 0 Å². The smallest absolute Gasteiger partial charge is 0.262 e. The van der Waals surface area contributed by atoms with E-state index in [2.05, 4.69) is 4.72 Å². The van der Waals surface area contributed by atoms with E-state index < -0.39 is 10.0 Å². The molecule has 0 saturated carbocycles. The Balaban J connectivity index is 2.31. The van der Waals surface area contributed by atoms with Crippen molar-refractivity contribution in [3.8, 4) is 11.5 Å². The van der Waals surface area contributed by atoms with Gasteiger partial charge in [0.15, 0.2) is 11.5 Å². The van der Waals surface area contributed by atoms with Crippen molar-refractivity contribution in [2.45, 2.75) is 25.7 Å². The summed E-state index contributed by atoms with van der Waals surface area (Å²) in [5, 5.41) is 0. The molecule has 0 aliphatic rings. The van der Waals surface area contributed by atoms with E-state index in [1.54, 1.807) is 18.2 Å². The van der Waals surface area contributed by atoms with Crippen LogP contribution in [-0.2, 0) is 10.0 Å². The molecule has 0 saturated heterocycles. The van der Waals surface area contributed by atoms with Gasteiger partial charge in [-0.3, -0.25) is 4.72 Å². The number of benzene rings is 2. The van der Waals surface area contributed by atoms with Gasteiger partial charge in [-0.15, -0.1) is 0 Å². The average Bonchev–Trinajstić information content (AvgIpc) is 2.51. The van der Waals surface area contributed by atoms with Crippen LogP contribution in [0.25, 0.3) is 0 Å². The van der Waals surface area contributed by atoms with Crippen LogP contribution in [0.1, 0.15) is 19.4 Å². The van der Waals surface area contributed by atoms with Gasteiger partial charge in [-0.1, -0.05) is 17.7 Å². The summed E-state index contributed by atoms with van der Waals surface area (Å²) in [5.41, 5.74) is 1.58. The molecule has 0 radical (unpaired) electrons. The number of ether oxygens (including phenoxy) is 2. The number of nitrogens with one attached hydrogen (secondary N) is 1. The molecule has 0 bridgehead atoms. The van der Waals surface area contributed by atoms with Crippen molar-refractivity contribution >= 4 is 15.7 Å². The Bertz CT molecular complexity index is 755. The number of sulfonamides is 1. The summed E-state index contributed by atoms with van der Waals surface area (Å²) in [4.78, 5) is 0.130. The topological polar surface area (TPSA) is 64.6 Å². The lowest BCUT2D eigenvalue weighted by Gasteiger charge is -2.13. The van der Waals surface area contributed by atoms with Gasteiger partial charge in [-0.25, -0.2) is 8.42 Å². The van der Waals surface area contributed by atoms with Gasteiger partial charge >= 0.3 is 0 Å². The highest BCUT2D eigenvalue weighted by atomic mass is 32.2. The molecule has 0 aliphatic heterocycles. The van der Waals surface area contributed by atoms with E-state index in [1.165, 1.54) is 12.1 Å². The Morgan fingerprint density at radius 3 is 2.13 bits per heavy atom. The minimum atomic E-state index is -3.68. The predicted octanol–water partition coefficient (Wildman–Crippen LogP) is 3.59. The standard InChI is InChI=1S/C17H21NO4S/c1-4-21-16-11-10-15(12-17(16)22-5-2)23(19,20)18-14-8-6-13(3)7-9-14/h6-12,18H,4-5H2,1-3H3. The van der Waals surface area contributed by atoms with Gasteiger partial charge in [0, 0.05) is 11.8 Å². The normalized spacial score (nSPS) is 11.1. The molecule has 23 heavy (non-hydrogen) atoms. The van der Waals surface area contributed by atoms with Crippen LogP contribution in [0.2, 0.25) is 0 Å². The van der Waals surface area contributed by atoms with Gasteiger partial charge in [0.2, 0.25) is 0 Å². The van der Waals surface area contributed by atoms with E-state index in [1.807, 2.05) is 32.9 Å². The maximum absolute atomic E-state index is 12.5. The van der Waals surface area contributed by atoms with E-state index in [-0.39, 0.29) is 4.90 Å². The third-order valence-corrected chi connectivity index (χ3v) is 4.51. The van der Waals surface area contributed by atoms with Crippen molar-refractivity contribution in [1.82, 2.24) is 0 Å². The first-order chi connectivity index (χ1) is 11.0. The molecule has 0 spiro atoms. The zero-order chi connectivity index (χ0) is 16.9. The molecule has 1 N–H and O–H groups in total. The lowest BCUT2D eigenvalue weighted by atomic mass is 10.2. The Kier molecular flexibility index (Phi) is 5.50. The Morgan fingerprint density at radius 2 is 1.52 bits per heavy atom. The number of hydrogen-bond acceptors (Lipinski definition) is 4. The Morgan fingerprint density at radius 1 is 0.913 bits per heavy atom. The fraction of sp³-hybridized carbons (Fsp3) is 0.294. The molecule has 2 aromatic carbocycles. The first-order valence-electron chi connectivity index (χ1n) is 7.45. The van der Waals surface area contributed by atoms with Crippen LogP contribution in [0.5, 0.6) is 11.5 Å². The Labute approximate surface area is 137 Å². The second-order valence-corrected chi connectivity index (χ2v) is 6.63. The first kappa shape index (κ1) is 17.1. The van der Waals surface area contributed by atoms with Gasteiger partial charge in [0.1, 0.15) is 0 Å². The summed E-state index contributed by atoms with van der Waals surface area (Å²) >= 11 is 0. The summed E-state index contributed by atoms with van der Waals surface area (Å²) in [5.74, 6) is 0.949. The van der Waals surface area contributed by atoms with Crippen LogP contribution in [0.3, 0.4) is 0 Å². The fourth-order valence-corrected chi connectivity index (χ4v) is 3.11. The third kappa shape index (κ3) is 4.39. The lowest BCUT2D eigenvalue weighted by molar-refractivity contribution is 0.287. The summed E-state index contributed by atoms with van der Waals surface area (Å²) in [6.45, 7) is 6.54. The zero-order valence-electron chi connectivity index (χ0n) is 13.5. The van der Waals surface area contributed by atoms with Crippen molar-refractivity contribution in [2.75, 3.05) is 17.9 Å². The molecule has 0 aromatic heterocycles. The molecule has 0 amide bonds. The van der Waals surface area contributed by atoms with E-state index in [0.29, 0.717) is 30.4 Å². The van der Waals surface area contributed by atoms with Crippen LogP contribution in [0.15, 0.2) is 47.4 Å². The molecule has 0 atom stereocenters. The highest BCUT2D eigenvalue weighted by Crippen LogP contribution is 2.31. The predicted molar refractivity (Wildman–Crippen MR) is 90.8 cm³/mol. The van der Waals surface area contributed by atoms with Crippen molar-refractivity contribution in [3.63, 3.8) is 0 Å². The number of rotatable bonds is 7. The first-order valence-corrected chi connectivity index (χ1v) is 8.93. The Hall–Kier alpha value is -2.21. The highest BCUT2D eigenvalue weighted by Gasteiger charge is 2.17. The molecule has 2 aromatic rings. The minimum Gasteiger partial charge on any atom is -0.490 e. The van der Waals surface area contributed by atoms with Gasteiger partial charge in [-0.05, 0) is 45.0 Å². The zero-order valence-corrected chi connectivity index (χ0v) is 14.3. The molecule has 0 heterocycles. The highest BCUT2D eigenvalue weighted by molar-refractivity contribution is 7.92. The summed E-state index contributed by atoms with van der Waals surface area (Å²) < 4.78 is 38.5. The molecule has 6 heteroatoms. The molecule has 0 fully saturated rings.